The lowest BCUT2D eigenvalue weighted by Crippen LogP contribution is -2.10. The molecule has 0 unspecified atom stereocenters. The summed E-state index contributed by atoms with van der Waals surface area (Å²) >= 11 is 2.00. The van der Waals surface area contributed by atoms with Crippen molar-refractivity contribution in [2.75, 3.05) is 4.90 Å². The molecule has 0 atom stereocenters. The summed E-state index contributed by atoms with van der Waals surface area (Å²) in [6.07, 6.45) is 6.59. The third-order valence-electron chi connectivity index (χ3n) is 13.4. The van der Waals surface area contributed by atoms with Crippen molar-refractivity contribution in [1.29, 1.82) is 0 Å². The van der Waals surface area contributed by atoms with Gasteiger partial charge in [-0.3, -0.25) is 0 Å². The van der Waals surface area contributed by atoms with Crippen LogP contribution in [0.15, 0.2) is 206 Å². The van der Waals surface area contributed by atoms with Crippen molar-refractivity contribution in [3.8, 4) is 33.4 Å². The summed E-state index contributed by atoms with van der Waals surface area (Å²) in [6, 6.07) is 76.7. The Hall–Kier alpha value is -7.00. The molecule has 0 bridgehead atoms. The number of hydrogen-bond donors (Lipinski definition) is 0. The average Bonchev–Trinajstić information content (AvgIpc) is 3.75. The molecule has 1 aliphatic carbocycles. The van der Waals surface area contributed by atoms with Gasteiger partial charge in [-0.2, -0.15) is 0 Å². The zero-order valence-electron chi connectivity index (χ0n) is 34.6. The summed E-state index contributed by atoms with van der Waals surface area (Å²) in [5.41, 5.74) is 12.4. The number of rotatable bonds is 7. The highest BCUT2D eigenvalue weighted by Crippen LogP contribution is 2.50. The summed E-state index contributed by atoms with van der Waals surface area (Å²) < 4.78 is 2.80. The SMILES string of the molecule is c1ccc(-c2ccc(N(c3ccc(-c4ccc5cc(-c6ccc7ccccc7c6)ccc5c4)cc3)c3cc4ccccc4c4c3sc3c(C5CCCCC5)cccc34)cc2)cc1. The van der Waals surface area contributed by atoms with Crippen molar-refractivity contribution in [2.24, 2.45) is 0 Å². The van der Waals surface area contributed by atoms with Gasteiger partial charge in [-0.25, -0.2) is 0 Å². The molecule has 2 heteroatoms. The van der Waals surface area contributed by atoms with Crippen LogP contribution in [0.1, 0.15) is 43.6 Å². The molecule has 1 nitrogen and oxygen atoms in total. The normalized spacial score (nSPS) is 13.4. The molecule has 0 aliphatic heterocycles. The molecule has 0 N–H and O–H groups in total. The Labute approximate surface area is 367 Å². The van der Waals surface area contributed by atoms with Gasteiger partial charge >= 0.3 is 0 Å². The van der Waals surface area contributed by atoms with E-state index in [0.29, 0.717) is 5.92 Å². The minimum atomic E-state index is 0.631. The lowest BCUT2D eigenvalue weighted by molar-refractivity contribution is 0.446. The van der Waals surface area contributed by atoms with E-state index in [1.807, 2.05) is 11.3 Å². The quantitative estimate of drug-likeness (QED) is 0.155. The van der Waals surface area contributed by atoms with Crippen molar-refractivity contribution in [3.63, 3.8) is 0 Å². The molecule has 62 heavy (non-hydrogen) atoms. The van der Waals surface area contributed by atoms with Gasteiger partial charge in [-0.1, -0.05) is 177 Å². The van der Waals surface area contributed by atoms with E-state index in [-0.39, 0.29) is 0 Å². The number of benzene rings is 10. The van der Waals surface area contributed by atoms with Crippen LogP contribution in [0.3, 0.4) is 0 Å². The fourth-order valence-electron chi connectivity index (χ4n) is 10.2. The van der Waals surface area contributed by atoms with Crippen LogP contribution < -0.4 is 4.90 Å². The van der Waals surface area contributed by atoms with E-state index in [0.717, 1.165) is 11.4 Å². The molecular formula is C60H45NS. The van der Waals surface area contributed by atoms with Crippen LogP contribution in [0.25, 0.3) is 85.9 Å². The van der Waals surface area contributed by atoms with Crippen LogP contribution in [0.2, 0.25) is 0 Å². The largest absolute Gasteiger partial charge is 0.309 e. The van der Waals surface area contributed by atoms with E-state index in [4.69, 9.17) is 0 Å². The van der Waals surface area contributed by atoms with Gasteiger partial charge in [0.1, 0.15) is 0 Å². The number of nitrogens with zero attached hydrogens (tertiary/aromatic N) is 1. The van der Waals surface area contributed by atoms with Gasteiger partial charge in [0.05, 0.1) is 10.4 Å². The standard InChI is InChI=1S/C60H45NS/c1-3-12-40(13-4-1)42-28-32-52(33-29-42)61(57-39-51-18-9-10-19-54(51)58-56-21-11-20-55(59(56)62-60(57)58)44-15-5-2-6-16-44)53-34-30-43(31-35-53)46-24-25-49-38-50(27-26-48(49)37-46)47-23-22-41-14-7-8-17-45(41)36-47/h1,3-4,7-14,17-39,44H,2,5-6,15-16H2. The first-order chi connectivity index (χ1) is 30.7. The first kappa shape index (κ1) is 36.8. The molecule has 1 aliphatic rings. The Morgan fingerprint density at radius 1 is 0.355 bits per heavy atom. The fraction of sp³-hybridized carbons (Fsp3) is 0.100. The third kappa shape index (κ3) is 6.54. The number of hydrogen-bond acceptors (Lipinski definition) is 2. The van der Waals surface area contributed by atoms with E-state index in [1.54, 1.807) is 5.56 Å². The molecule has 0 saturated heterocycles. The van der Waals surface area contributed by atoms with Crippen LogP contribution in [0.4, 0.5) is 17.1 Å². The molecule has 11 aromatic rings. The zero-order valence-corrected chi connectivity index (χ0v) is 35.4. The molecule has 1 fully saturated rings. The summed E-state index contributed by atoms with van der Waals surface area (Å²) in [5, 5.41) is 10.4. The average molecular weight is 812 g/mol. The van der Waals surface area contributed by atoms with Crippen molar-refractivity contribution >= 4 is 80.9 Å². The number of fused-ring (bicyclic) bond motifs is 7. The van der Waals surface area contributed by atoms with Crippen molar-refractivity contribution < 1.29 is 0 Å². The van der Waals surface area contributed by atoms with Crippen LogP contribution in [0.5, 0.6) is 0 Å². The maximum atomic E-state index is 2.50. The lowest BCUT2D eigenvalue weighted by atomic mass is 9.83. The van der Waals surface area contributed by atoms with Gasteiger partial charge < -0.3 is 4.90 Å². The summed E-state index contributed by atoms with van der Waals surface area (Å²) in [5.74, 6) is 0.631. The zero-order chi connectivity index (χ0) is 41.0. The minimum absolute atomic E-state index is 0.631. The van der Waals surface area contributed by atoms with Crippen LogP contribution in [-0.4, -0.2) is 0 Å². The molecule has 1 saturated carbocycles. The Morgan fingerprint density at radius 3 is 1.53 bits per heavy atom. The van der Waals surface area contributed by atoms with E-state index < -0.39 is 0 Å². The number of anilines is 3. The topological polar surface area (TPSA) is 3.24 Å². The maximum absolute atomic E-state index is 2.50. The van der Waals surface area contributed by atoms with Crippen LogP contribution in [-0.2, 0) is 0 Å². The molecule has 12 rings (SSSR count). The second-order valence-corrected chi connectivity index (χ2v) is 18.1. The highest BCUT2D eigenvalue weighted by Gasteiger charge is 2.24. The molecule has 0 amide bonds. The highest BCUT2D eigenvalue weighted by atomic mass is 32.1. The minimum Gasteiger partial charge on any atom is -0.309 e. The molecular weight excluding hydrogens is 767 g/mol. The smallest absolute Gasteiger partial charge is 0.0646 e. The molecule has 296 valence electrons. The van der Waals surface area contributed by atoms with E-state index in [1.165, 1.54) is 124 Å². The lowest BCUT2D eigenvalue weighted by Gasteiger charge is -2.27. The third-order valence-corrected chi connectivity index (χ3v) is 14.7. The fourth-order valence-corrected chi connectivity index (χ4v) is 11.6. The van der Waals surface area contributed by atoms with E-state index in [9.17, 15) is 0 Å². The highest BCUT2D eigenvalue weighted by molar-refractivity contribution is 7.26. The Kier molecular flexibility index (Phi) is 9.19. The van der Waals surface area contributed by atoms with Gasteiger partial charge in [0.25, 0.3) is 0 Å². The molecule has 1 aromatic heterocycles. The Balaban J connectivity index is 0.974. The summed E-state index contributed by atoms with van der Waals surface area (Å²) in [4.78, 5) is 2.50. The number of thiophene rings is 1. The second kappa shape index (κ2) is 15.5. The van der Waals surface area contributed by atoms with Crippen LogP contribution >= 0.6 is 11.3 Å². The van der Waals surface area contributed by atoms with Crippen molar-refractivity contribution in [3.05, 3.63) is 212 Å². The van der Waals surface area contributed by atoms with E-state index >= 15 is 0 Å². The molecule has 0 spiro atoms. The van der Waals surface area contributed by atoms with Crippen LogP contribution in [0, 0.1) is 0 Å². The van der Waals surface area contributed by atoms with Gasteiger partial charge in [-0.15, -0.1) is 11.3 Å². The van der Waals surface area contributed by atoms with Gasteiger partial charge in [0.2, 0.25) is 0 Å². The monoisotopic (exact) mass is 811 g/mol. The second-order valence-electron chi connectivity index (χ2n) is 17.1. The first-order valence-corrected chi connectivity index (χ1v) is 23.0. The predicted octanol–water partition coefficient (Wildman–Crippen LogP) is 18.0. The predicted molar refractivity (Wildman–Crippen MR) is 269 cm³/mol. The maximum Gasteiger partial charge on any atom is 0.0646 e. The molecule has 1 heterocycles. The Bertz CT molecular complexity index is 3430. The molecule has 0 radical (unpaired) electrons. The summed E-state index contributed by atoms with van der Waals surface area (Å²) in [6.45, 7) is 0. The van der Waals surface area contributed by atoms with E-state index in [2.05, 4.69) is 211 Å². The van der Waals surface area contributed by atoms with Gasteiger partial charge in [0, 0.05) is 26.8 Å². The van der Waals surface area contributed by atoms with Gasteiger partial charge in [-0.05, 0) is 139 Å². The van der Waals surface area contributed by atoms with Gasteiger partial charge in [0.15, 0.2) is 0 Å². The molecule has 10 aromatic carbocycles. The summed E-state index contributed by atoms with van der Waals surface area (Å²) in [7, 11) is 0. The first-order valence-electron chi connectivity index (χ1n) is 22.2. The van der Waals surface area contributed by atoms with Crippen molar-refractivity contribution in [2.45, 2.75) is 38.0 Å². The Morgan fingerprint density at radius 2 is 0.855 bits per heavy atom. The van der Waals surface area contributed by atoms with Crippen molar-refractivity contribution in [1.82, 2.24) is 0 Å².